The third kappa shape index (κ3) is 5.02. The van der Waals surface area contributed by atoms with E-state index in [-0.39, 0.29) is 11.0 Å². The lowest BCUT2D eigenvalue weighted by molar-refractivity contribution is 0.336. The van der Waals surface area contributed by atoms with Crippen LogP contribution in [0.1, 0.15) is 40.5 Å². The van der Waals surface area contributed by atoms with E-state index in [1.807, 2.05) is 0 Å². The highest BCUT2D eigenvalue weighted by Gasteiger charge is 2.10. The molecule has 0 unspecified atom stereocenters. The van der Waals surface area contributed by atoms with E-state index in [9.17, 15) is 4.79 Å². The Morgan fingerprint density at radius 3 is 2.65 bits per heavy atom. The predicted octanol–water partition coefficient (Wildman–Crippen LogP) is 2.50. The lowest BCUT2D eigenvalue weighted by Crippen LogP contribution is -2.24. The molecule has 0 bridgehead atoms. The molecule has 1 heterocycles. The second-order valence-corrected chi connectivity index (χ2v) is 5.54. The van der Waals surface area contributed by atoms with Crippen LogP contribution in [0.5, 0.6) is 0 Å². The van der Waals surface area contributed by atoms with E-state index >= 15 is 0 Å². The maximum absolute atomic E-state index is 11.8. The summed E-state index contributed by atoms with van der Waals surface area (Å²) in [5.74, 6) is 0. The normalized spacial score (nSPS) is 11.5. The van der Waals surface area contributed by atoms with Crippen molar-refractivity contribution in [2.45, 2.75) is 47.1 Å². The topological polar surface area (TPSA) is 46.9 Å². The maximum atomic E-state index is 11.8. The molecule has 0 atom stereocenters. The maximum Gasteiger partial charge on any atom is 0.268 e. The number of nitrogens with one attached hydrogen (secondary N) is 1. The summed E-state index contributed by atoms with van der Waals surface area (Å²) in [6, 6.07) is 1.62. The summed E-state index contributed by atoms with van der Waals surface area (Å²) in [5, 5.41) is 7.33. The average Bonchev–Trinajstić information content (AvgIpc) is 2.23. The number of aryl methyl sites for hydroxylation is 1. The van der Waals surface area contributed by atoms with Crippen molar-refractivity contribution in [1.29, 1.82) is 0 Å². The van der Waals surface area contributed by atoms with Gasteiger partial charge in [0.15, 0.2) is 0 Å². The summed E-state index contributed by atoms with van der Waals surface area (Å²) in [4.78, 5) is 11.8. The minimum atomic E-state index is -0.0321. The van der Waals surface area contributed by atoms with Crippen molar-refractivity contribution in [3.63, 3.8) is 0 Å². The van der Waals surface area contributed by atoms with Crippen LogP contribution >= 0.6 is 0 Å². The Morgan fingerprint density at radius 2 is 2.12 bits per heavy atom. The minimum Gasteiger partial charge on any atom is -0.384 e. The van der Waals surface area contributed by atoms with Crippen molar-refractivity contribution in [2.24, 2.45) is 5.41 Å². The van der Waals surface area contributed by atoms with Gasteiger partial charge in [-0.2, -0.15) is 5.10 Å². The molecule has 0 aliphatic carbocycles. The molecular weight excluding hydrogens is 214 g/mol. The fraction of sp³-hybridized carbons (Fsp3) is 0.692. The first-order valence-corrected chi connectivity index (χ1v) is 6.23. The Morgan fingerprint density at radius 1 is 1.41 bits per heavy atom. The highest BCUT2D eigenvalue weighted by atomic mass is 16.1. The van der Waals surface area contributed by atoms with Gasteiger partial charge in [0.25, 0.3) is 5.56 Å². The number of hydrogen-bond acceptors (Lipinski definition) is 3. The number of aromatic nitrogens is 2. The van der Waals surface area contributed by atoms with Crippen LogP contribution in [0.15, 0.2) is 17.1 Å². The van der Waals surface area contributed by atoms with Gasteiger partial charge in [-0.25, -0.2) is 4.68 Å². The van der Waals surface area contributed by atoms with E-state index in [1.54, 1.807) is 12.3 Å². The van der Waals surface area contributed by atoms with Crippen molar-refractivity contribution in [3.8, 4) is 0 Å². The molecule has 1 aromatic rings. The predicted molar refractivity (Wildman–Crippen MR) is 71.3 cm³/mol. The Hall–Kier alpha value is -1.32. The molecular formula is C13H23N3O. The first-order valence-electron chi connectivity index (χ1n) is 6.23. The van der Waals surface area contributed by atoms with E-state index < -0.39 is 0 Å². The Kier molecular flexibility index (Phi) is 4.73. The van der Waals surface area contributed by atoms with Crippen molar-refractivity contribution in [2.75, 3.05) is 11.9 Å². The standard InChI is InChI=1S/C13H23N3O/c1-5-7-14-11-9-12(17)16(15-10-11)8-6-13(2,3)4/h9-10,14H,5-8H2,1-4H3. The monoisotopic (exact) mass is 237 g/mol. The molecule has 0 aliphatic heterocycles. The van der Waals surface area contributed by atoms with E-state index in [1.165, 1.54) is 4.68 Å². The van der Waals surface area contributed by atoms with Crippen molar-refractivity contribution in [1.82, 2.24) is 9.78 Å². The fourth-order valence-corrected chi connectivity index (χ4v) is 1.41. The second-order valence-electron chi connectivity index (χ2n) is 5.54. The fourth-order valence-electron chi connectivity index (χ4n) is 1.41. The van der Waals surface area contributed by atoms with Crippen LogP contribution in [0.4, 0.5) is 5.69 Å². The zero-order chi connectivity index (χ0) is 12.9. The van der Waals surface area contributed by atoms with Crippen LogP contribution in [0, 0.1) is 5.41 Å². The van der Waals surface area contributed by atoms with Gasteiger partial charge in [0, 0.05) is 19.2 Å². The third-order valence-corrected chi connectivity index (χ3v) is 2.52. The van der Waals surface area contributed by atoms with Gasteiger partial charge < -0.3 is 5.32 Å². The van der Waals surface area contributed by atoms with Gasteiger partial charge in [-0.1, -0.05) is 27.7 Å². The number of anilines is 1. The van der Waals surface area contributed by atoms with Crippen molar-refractivity contribution in [3.05, 3.63) is 22.6 Å². The number of rotatable bonds is 5. The Balaban J connectivity index is 2.66. The molecule has 0 saturated carbocycles. The molecule has 17 heavy (non-hydrogen) atoms. The summed E-state index contributed by atoms with van der Waals surface area (Å²) in [6.45, 7) is 10.1. The van der Waals surface area contributed by atoms with Crippen LogP contribution in [-0.4, -0.2) is 16.3 Å². The summed E-state index contributed by atoms with van der Waals surface area (Å²) in [6.07, 6.45) is 3.70. The summed E-state index contributed by atoms with van der Waals surface area (Å²) in [5.41, 5.74) is 1.000. The Bertz CT molecular complexity index is 404. The molecule has 0 aliphatic rings. The molecule has 1 aromatic heterocycles. The van der Waals surface area contributed by atoms with Crippen LogP contribution in [0.2, 0.25) is 0 Å². The summed E-state index contributed by atoms with van der Waals surface area (Å²) >= 11 is 0. The van der Waals surface area contributed by atoms with Crippen LogP contribution in [0.25, 0.3) is 0 Å². The third-order valence-electron chi connectivity index (χ3n) is 2.52. The number of hydrogen-bond donors (Lipinski definition) is 1. The lowest BCUT2D eigenvalue weighted by atomic mass is 9.92. The molecule has 4 heteroatoms. The van der Waals surface area contributed by atoms with Crippen LogP contribution < -0.4 is 10.9 Å². The van der Waals surface area contributed by atoms with E-state index in [4.69, 9.17) is 0 Å². The van der Waals surface area contributed by atoms with E-state index in [2.05, 4.69) is 38.1 Å². The highest BCUT2D eigenvalue weighted by molar-refractivity contribution is 5.38. The van der Waals surface area contributed by atoms with Gasteiger partial charge in [0.05, 0.1) is 11.9 Å². The zero-order valence-electron chi connectivity index (χ0n) is 11.3. The van der Waals surface area contributed by atoms with Gasteiger partial charge in [-0.05, 0) is 18.3 Å². The van der Waals surface area contributed by atoms with E-state index in [0.717, 1.165) is 25.1 Å². The molecule has 1 N–H and O–H groups in total. The first-order chi connectivity index (χ1) is 7.92. The van der Waals surface area contributed by atoms with Gasteiger partial charge in [-0.15, -0.1) is 0 Å². The van der Waals surface area contributed by atoms with Gasteiger partial charge in [0.2, 0.25) is 0 Å². The lowest BCUT2D eigenvalue weighted by Gasteiger charge is -2.18. The molecule has 96 valence electrons. The number of nitrogens with zero attached hydrogens (tertiary/aromatic N) is 2. The molecule has 0 radical (unpaired) electrons. The van der Waals surface area contributed by atoms with Crippen LogP contribution in [-0.2, 0) is 6.54 Å². The van der Waals surface area contributed by atoms with Gasteiger partial charge in [0.1, 0.15) is 0 Å². The largest absolute Gasteiger partial charge is 0.384 e. The minimum absolute atomic E-state index is 0.0321. The van der Waals surface area contributed by atoms with Gasteiger partial charge in [-0.3, -0.25) is 4.79 Å². The van der Waals surface area contributed by atoms with Crippen molar-refractivity contribution >= 4 is 5.69 Å². The summed E-state index contributed by atoms with van der Waals surface area (Å²) < 4.78 is 1.53. The molecule has 0 saturated heterocycles. The Labute approximate surface area is 103 Å². The highest BCUT2D eigenvalue weighted by Crippen LogP contribution is 2.18. The second kappa shape index (κ2) is 5.84. The summed E-state index contributed by atoms with van der Waals surface area (Å²) in [7, 11) is 0. The van der Waals surface area contributed by atoms with Gasteiger partial charge >= 0.3 is 0 Å². The molecule has 0 fully saturated rings. The average molecular weight is 237 g/mol. The first kappa shape index (κ1) is 13.7. The molecule has 1 rings (SSSR count). The van der Waals surface area contributed by atoms with E-state index in [0.29, 0.717) is 6.54 Å². The van der Waals surface area contributed by atoms with Crippen molar-refractivity contribution < 1.29 is 0 Å². The smallest absolute Gasteiger partial charge is 0.268 e. The molecule has 0 aromatic carbocycles. The zero-order valence-corrected chi connectivity index (χ0v) is 11.3. The SMILES string of the molecule is CCCNc1cnn(CCC(C)(C)C)c(=O)c1. The molecule has 4 nitrogen and oxygen atoms in total. The quantitative estimate of drug-likeness (QED) is 0.856. The van der Waals surface area contributed by atoms with Crippen LogP contribution in [0.3, 0.4) is 0 Å². The molecule has 0 amide bonds. The molecule has 0 spiro atoms.